The number of nitrogens with one attached hydrogen (secondary N) is 1. The van der Waals surface area contributed by atoms with E-state index in [1.165, 1.54) is 0 Å². The number of benzene rings is 2. The molecule has 0 unspecified atom stereocenters. The van der Waals surface area contributed by atoms with E-state index in [4.69, 9.17) is 9.47 Å². The quantitative estimate of drug-likeness (QED) is 0.532. The summed E-state index contributed by atoms with van der Waals surface area (Å²) in [4.78, 5) is 12.6. The lowest BCUT2D eigenvalue weighted by Gasteiger charge is -2.09. The van der Waals surface area contributed by atoms with Crippen molar-refractivity contribution < 1.29 is 18.9 Å². The maximum Gasteiger partial charge on any atom is 0.231 e. The maximum atomic E-state index is 12.0. The van der Waals surface area contributed by atoms with Crippen LogP contribution in [0.15, 0.2) is 61.1 Å². The summed E-state index contributed by atoms with van der Waals surface area (Å²) in [7, 11) is 0. The van der Waals surface area contributed by atoms with Gasteiger partial charge in [-0.25, -0.2) is 9.97 Å². The van der Waals surface area contributed by atoms with Crippen LogP contribution in [0.4, 0.5) is 10.3 Å². The third-order valence-corrected chi connectivity index (χ3v) is 4.80. The molecule has 1 aliphatic heterocycles. The zero-order valence-corrected chi connectivity index (χ0v) is 15.3. The van der Waals surface area contributed by atoms with E-state index in [0.29, 0.717) is 12.4 Å². The fraction of sp³-hybridized carbons (Fsp3) is 0.143. The third kappa shape index (κ3) is 3.34. The lowest BCUT2D eigenvalue weighted by atomic mass is 10.1. The Morgan fingerprint density at radius 1 is 1.03 bits per heavy atom. The van der Waals surface area contributed by atoms with Crippen molar-refractivity contribution in [1.82, 2.24) is 14.4 Å². The first-order chi connectivity index (χ1) is 14.3. The summed E-state index contributed by atoms with van der Waals surface area (Å²) < 4.78 is 24.8. The van der Waals surface area contributed by atoms with Crippen LogP contribution in [0.1, 0.15) is 11.1 Å². The van der Waals surface area contributed by atoms with E-state index in [1.54, 1.807) is 12.4 Å². The molecule has 0 spiro atoms. The van der Waals surface area contributed by atoms with Gasteiger partial charge in [-0.15, -0.1) is 0 Å². The number of halogens is 1. The van der Waals surface area contributed by atoms with Crippen LogP contribution in [0, 0.1) is 0 Å². The van der Waals surface area contributed by atoms with Gasteiger partial charge in [0.1, 0.15) is 6.61 Å². The van der Waals surface area contributed by atoms with Crippen molar-refractivity contribution in [3.05, 3.63) is 72.2 Å². The van der Waals surface area contributed by atoms with Crippen LogP contribution in [-0.2, 0) is 18.1 Å². The number of aromatic nitrogens is 3. The number of hydrogen-bond donors (Lipinski definition) is 1. The fourth-order valence-electron chi connectivity index (χ4n) is 3.33. The minimum Gasteiger partial charge on any atom is -0.454 e. The van der Waals surface area contributed by atoms with E-state index in [-0.39, 0.29) is 13.4 Å². The topological polar surface area (TPSA) is 69.9 Å². The Morgan fingerprint density at radius 2 is 1.86 bits per heavy atom. The molecule has 5 rings (SSSR count). The minimum absolute atomic E-state index is 0.0642. The summed E-state index contributed by atoms with van der Waals surface area (Å²) in [6, 6.07) is 13.3. The highest BCUT2D eigenvalue weighted by molar-refractivity contribution is 5.70. The third-order valence-electron chi connectivity index (χ3n) is 4.80. The average Bonchev–Trinajstić information content (AvgIpc) is 3.40. The first-order valence-electron chi connectivity index (χ1n) is 9.09. The van der Waals surface area contributed by atoms with Gasteiger partial charge in [-0.05, 0) is 27.8 Å². The van der Waals surface area contributed by atoms with Gasteiger partial charge in [-0.3, -0.25) is 4.40 Å². The lowest BCUT2D eigenvalue weighted by Crippen LogP contribution is -2.04. The number of anilines is 1. The summed E-state index contributed by atoms with van der Waals surface area (Å²) in [5.74, 6) is 2.19. The summed E-state index contributed by atoms with van der Waals surface area (Å²) >= 11 is 0. The fourth-order valence-corrected chi connectivity index (χ4v) is 3.33. The van der Waals surface area contributed by atoms with E-state index in [1.807, 2.05) is 53.1 Å². The van der Waals surface area contributed by atoms with Crippen molar-refractivity contribution in [2.45, 2.75) is 13.2 Å². The van der Waals surface area contributed by atoms with Crippen LogP contribution in [0.3, 0.4) is 0 Å². The van der Waals surface area contributed by atoms with Crippen molar-refractivity contribution in [3.8, 4) is 22.8 Å². The van der Waals surface area contributed by atoms with Crippen molar-refractivity contribution in [3.63, 3.8) is 0 Å². The van der Waals surface area contributed by atoms with Crippen molar-refractivity contribution >= 4 is 11.5 Å². The molecule has 4 aromatic rings. The molecular formula is C21H17FN4O3. The molecule has 0 amide bonds. The molecule has 2 aromatic heterocycles. The molecule has 0 bridgehead atoms. The molecule has 8 heteroatoms. The largest absolute Gasteiger partial charge is 0.454 e. The van der Waals surface area contributed by atoms with E-state index in [0.717, 1.165) is 39.5 Å². The van der Waals surface area contributed by atoms with Crippen LogP contribution in [-0.4, -0.2) is 21.2 Å². The molecule has 7 nitrogen and oxygen atoms in total. The Balaban J connectivity index is 1.39. The Bertz CT molecular complexity index is 1160. The Kier molecular flexibility index (Phi) is 4.45. The summed E-state index contributed by atoms with van der Waals surface area (Å²) in [6.45, 7) is 0.764. The standard InChI is InChI=1S/C21H17FN4O3/c22-29-12-14-1-4-16(5-2-14)17-11-25-21-20(23-7-8-26(17)21)24-10-15-3-6-18-19(9-15)28-13-27-18/h1-9,11H,10,12-13H2,(H,23,24). The van der Waals surface area contributed by atoms with Crippen molar-refractivity contribution in [2.24, 2.45) is 0 Å². The second-order valence-electron chi connectivity index (χ2n) is 6.60. The zero-order valence-electron chi connectivity index (χ0n) is 15.3. The number of imidazole rings is 1. The van der Waals surface area contributed by atoms with E-state index < -0.39 is 0 Å². The van der Waals surface area contributed by atoms with Crippen LogP contribution in [0.2, 0.25) is 0 Å². The number of hydrogen-bond acceptors (Lipinski definition) is 6. The molecule has 1 N–H and O–H groups in total. The molecule has 3 heterocycles. The summed E-state index contributed by atoms with van der Waals surface area (Å²) in [6.07, 6.45) is 5.39. The first-order valence-corrected chi connectivity index (χ1v) is 9.09. The molecule has 0 radical (unpaired) electrons. The van der Waals surface area contributed by atoms with Crippen LogP contribution in [0.5, 0.6) is 11.5 Å². The predicted molar refractivity (Wildman–Crippen MR) is 104 cm³/mol. The Labute approximate surface area is 165 Å². The second-order valence-corrected chi connectivity index (χ2v) is 6.60. The Hall–Kier alpha value is -3.65. The predicted octanol–water partition coefficient (Wildman–Crippen LogP) is 4.14. The normalized spacial score (nSPS) is 12.4. The summed E-state index contributed by atoms with van der Waals surface area (Å²) in [5, 5.41) is 3.34. The monoisotopic (exact) mass is 392 g/mol. The van der Waals surface area contributed by atoms with Gasteiger partial charge in [0.05, 0.1) is 11.9 Å². The lowest BCUT2D eigenvalue weighted by molar-refractivity contribution is -0.144. The molecule has 0 saturated heterocycles. The number of nitrogens with zero attached hydrogens (tertiary/aromatic N) is 3. The highest BCUT2D eigenvalue weighted by atomic mass is 19.3. The van der Waals surface area contributed by atoms with Gasteiger partial charge in [0, 0.05) is 24.5 Å². The van der Waals surface area contributed by atoms with Crippen LogP contribution < -0.4 is 14.8 Å². The van der Waals surface area contributed by atoms with Gasteiger partial charge in [-0.1, -0.05) is 30.3 Å². The molecule has 0 saturated carbocycles. The number of rotatable bonds is 6. The SMILES string of the molecule is FOCc1ccc(-c2cnc3c(NCc4ccc5c(c4)OCO5)nccn23)cc1. The summed E-state index contributed by atoms with van der Waals surface area (Å²) in [5.41, 5.74) is 4.42. The average molecular weight is 392 g/mol. The maximum absolute atomic E-state index is 12.0. The number of fused-ring (bicyclic) bond motifs is 2. The number of ether oxygens (including phenoxy) is 2. The minimum atomic E-state index is -0.0642. The molecule has 0 atom stereocenters. The van der Waals surface area contributed by atoms with Crippen LogP contribution >= 0.6 is 0 Å². The molecule has 1 aliphatic rings. The molecule has 2 aromatic carbocycles. The van der Waals surface area contributed by atoms with Gasteiger partial charge < -0.3 is 14.8 Å². The van der Waals surface area contributed by atoms with Gasteiger partial charge in [-0.2, -0.15) is 4.94 Å². The van der Waals surface area contributed by atoms with Crippen LogP contribution in [0.25, 0.3) is 16.9 Å². The zero-order chi connectivity index (χ0) is 19.6. The highest BCUT2D eigenvalue weighted by Crippen LogP contribution is 2.32. The van der Waals surface area contributed by atoms with Gasteiger partial charge in [0.25, 0.3) is 0 Å². The molecule has 146 valence electrons. The van der Waals surface area contributed by atoms with E-state index >= 15 is 0 Å². The van der Waals surface area contributed by atoms with Gasteiger partial charge in [0.15, 0.2) is 23.0 Å². The van der Waals surface area contributed by atoms with Gasteiger partial charge >= 0.3 is 0 Å². The Morgan fingerprint density at radius 3 is 2.72 bits per heavy atom. The smallest absolute Gasteiger partial charge is 0.231 e. The van der Waals surface area contributed by atoms with Crippen molar-refractivity contribution in [2.75, 3.05) is 12.1 Å². The first kappa shape index (κ1) is 17.4. The molecule has 29 heavy (non-hydrogen) atoms. The molecule has 0 aliphatic carbocycles. The second kappa shape index (κ2) is 7.40. The van der Waals surface area contributed by atoms with E-state index in [9.17, 15) is 4.53 Å². The van der Waals surface area contributed by atoms with E-state index in [2.05, 4.69) is 20.2 Å². The van der Waals surface area contributed by atoms with Crippen molar-refractivity contribution in [1.29, 1.82) is 0 Å². The van der Waals surface area contributed by atoms with Gasteiger partial charge in [0.2, 0.25) is 6.79 Å². The highest BCUT2D eigenvalue weighted by Gasteiger charge is 2.14. The molecule has 0 fully saturated rings. The molecular weight excluding hydrogens is 375 g/mol.